The van der Waals surface area contributed by atoms with Crippen molar-refractivity contribution < 1.29 is 9.53 Å². The van der Waals surface area contributed by atoms with Gasteiger partial charge in [-0.05, 0) is 33.3 Å². The summed E-state index contributed by atoms with van der Waals surface area (Å²) in [5, 5.41) is 3.07. The van der Waals surface area contributed by atoms with Gasteiger partial charge in [-0.2, -0.15) is 0 Å². The van der Waals surface area contributed by atoms with Gasteiger partial charge in [0, 0.05) is 19.3 Å². The van der Waals surface area contributed by atoms with Crippen molar-refractivity contribution in [2.45, 2.75) is 45.4 Å². The van der Waals surface area contributed by atoms with Gasteiger partial charge in [-0.3, -0.25) is 4.79 Å². The lowest BCUT2D eigenvalue weighted by atomic mass is 9.94. The summed E-state index contributed by atoms with van der Waals surface area (Å²) in [6.07, 6.45) is 2.65. The fourth-order valence-electron chi connectivity index (χ4n) is 2.31. The molecule has 1 fully saturated rings. The lowest BCUT2D eigenvalue weighted by Gasteiger charge is -2.29. The van der Waals surface area contributed by atoms with Gasteiger partial charge in [0.1, 0.15) is 5.69 Å². The first-order valence-corrected chi connectivity index (χ1v) is 6.36. The molecular weight excluding hydrogens is 230 g/mol. The van der Waals surface area contributed by atoms with E-state index in [-0.39, 0.29) is 17.6 Å². The van der Waals surface area contributed by atoms with Gasteiger partial charge < -0.3 is 20.4 Å². The summed E-state index contributed by atoms with van der Waals surface area (Å²) >= 11 is 0. The maximum atomic E-state index is 12.3. The van der Waals surface area contributed by atoms with Crippen LogP contribution in [0.3, 0.4) is 0 Å². The summed E-state index contributed by atoms with van der Waals surface area (Å²) in [4.78, 5) is 12.3. The quantitative estimate of drug-likeness (QED) is 0.853. The second kappa shape index (κ2) is 4.65. The molecular formula is C13H21N3O2. The van der Waals surface area contributed by atoms with Crippen molar-refractivity contribution in [1.29, 1.82) is 0 Å². The number of aryl methyl sites for hydroxylation is 1. The van der Waals surface area contributed by atoms with Crippen LogP contribution in [0, 0.1) is 0 Å². The number of nitrogens with zero attached hydrogens (tertiary/aromatic N) is 1. The van der Waals surface area contributed by atoms with Gasteiger partial charge in [0.15, 0.2) is 0 Å². The normalized spacial score (nSPS) is 27.4. The SMILES string of the molecule is CCn1cc(N)cc1C(=O)NC1(C)CCOC1C. The lowest BCUT2D eigenvalue weighted by molar-refractivity contribution is 0.0721. The first-order valence-electron chi connectivity index (χ1n) is 6.36. The molecule has 2 rings (SSSR count). The summed E-state index contributed by atoms with van der Waals surface area (Å²) in [6, 6.07) is 1.71. The van der Waals surface area contributed by atoms with E-state index in [0.717, 1.165) is 13.0 Å². The highest BCUT2D eigenvalue weighted by Crippen LogP contribution is 2.25. The molecule has 1 amide bonds. The molecule has 1 aliphatic heterocycles. The number of amides is 1. The Balaban J connectivity index is 2.16. The number of rotatable bonds is 3. The fraction of sp³-hybridized carbons (Fsp3) is 0.615. The molecule has 1 aromatic heterocycles. The molecule has 2 atom stereocenters. The predicted molar refractivity (Wildman–Crippen MR) is 70.4 cm³/mol. The minimum atomic E-state index is -0.297. The monoisotopic (exact) mass is 251 g/mol. The van der Waals surface area contributed by atoms with Crippen molar-refractivity contribution in [2.24, 2.45) is 0 Å². The van der Waals surface area contributed by atoms with Crippen LogP contribution in [0.4, 0.5) is 5.69 Å². The fourth-order valence-corrected chi connectivity index (χ4v) is 2.31. The van der Waals surface area contributed by atoms with E-state index in [1.54, 1.807) is 12.3 Å². The van der Waals surface area contributed by atoms with E-state index in [0.29, 0.717) is 18.0 Å². The summed E-state index contributed by atoms with van der Waals surface area (Å²) in [5.74, 6) is -0.0894. The van der Waals surface area contributed by atoms with Gasteiger partial charge in [0.05, 0.1) is 17.3 Å². The van der Waals surface area contributed by atoms with Crippen molar-refractivity contribution in [3.8, 4) is 0 Å². The number of hydrogen-bond donors (Lipinski definition) is 2. The smallest absolute Gasteiger partial charge is 0.268 e. The molecule has 5 heteroatoms. The van der Waals surface area contributed by atoms with E-state index in [1.807, 2.05) is 25.3 Å². The van der Waals surface area contributed by atoms with Crippen LogP contribution in [-0.2, 0) is 11.3 Å². The van der Waals surface area contributed by atoms with Crippen molar-refractivity contribution in [3.63, 3.8) is 0 Å². The van der Waals surface area contributed by atoms with E-state index in [1.165, 1.54) is 0 Å². The lowest BCUT2D eigenvalue weighted by Crippen LogP contribution is -2.51. The molecule has 0 saturated carbocycles. The number of nitrogens with two attached hydrogens (primary N) is 1. The summed E-state index contributed by atoms with van der Waals surface area (Å²) in [5.41, 5.74) is 6.66. The molecule has 2 heterocycles. The first-order chi connectivity index (χ1) is 8.46. The van der Waals surface area contributed by atoms with Gasteiger partial charge in [-0.25, -0.2) is 0 Å². The number of carbonyl (C=O) groups is 1. The van der Waals surface area contributed by atoms with Gasteiger partial charge >= 0.3 is 0 Å². The third kappa shape index (κ3) is 2.22. The molecule has 0 radical (unpaired) electrons. The van der Waals surface area contributed by atoms with Crippen molar-refractivity contribution in [2.75, 3.05) is 12.3 Å². The summed E-state index contributed by atoms with van der Waals surface area (Å²) < 4.78 is 7.38. The summed E-state index contributed by atoms with van der Waals surface area (Å²) in [6.45, 7) is 7.41. The van der Waals surface area contributed by atoms with Crippen LogP contribution < -0.4 is 11.1 Å². The Morgan fingerprint density at radius 2 is 2.44 bits per heavy atom. The number of anilines is 1. The van der Waals surface area contributed by atoms with Crippen molar-refractivity contribution >= 4 is 11.6 Å². The van der Waals surface area contributed by atoms with Gasteiger partial charge in [0.2, 0.25) is 0 Å². The Kier molecular flexibility index (Phi) is 3.34. The van der Waals surface area contributed by atoms with Crippen LogP contribution in [0.2, 0.25) is 0 Å². The van der Waals surface area contributed by atoms with Crippen molar-refractivity contribution in [3.05, 3.63) is 18.0 Å². The molecule has 0 aromatic carbocycles. The second-order valence-corrected chi connectivity index (χ2v) is 5.08. The zero-order valence-corrected chi connectivity index (χ0v) is 11.2. The molecule has 100 valence electrons. The Bertz CT molecular complexity index is 455. The number of nitrogens with one attached hydrogen (secondary N) is 1. The Morgan fingerprint density at radius 3 is 3.00 bits per heavy atom. The third-order valence-electron chi connectivity index (χ3n) is 3.78. The highest BCUT2D eigenvalue weighted by Gasteiger charge is 2.38. The highest BCUT2D eigenvalue weighted by atomic mass is 16.5. The average Bonchev–Trinajstić information content (AvgIpc) is 2.83. The van der Waals surface area contributed by atoms with Crippen LogP contribution in [0.15, 0.2) is 12.3 Å². The number of carbonyl (C=O) groups excluding carboxylic acids is 1. The molecule has 0 aliphatic carbocycles. The Hall–Kier alpha value is -1.49. The topological polar surface area (TPSA) is 69.3 Å². The molecule has 1 aliphatic rings. The van der Waals surface area contributed by atoms with Crippen molar-refractivity contribution in [1.82, 2.24) is 9.88 Å². The number of hydrogen-bond acceptors (Lipinski definition) is 3. The molecule has 2 unspecified atom stereocenters. The summed E-state index contributed by atoms with van der Waals surface area (Å²) in [7, 11) is 0. The van der Waals surface area contributed by atoms with Crippen LogP contribution in [-0.4, -0.2) is 28.7 Å². The average molecular weight is 251 g/mol. The van der Waals surface area contributed by atoms with E-state index in [9.17, 15) is 4.79 Å². The van der Waals surface area contributed by atoms with Gasteiger partial charge in [-0.1, -0.05) is 0 Å². The van der Waals surface area contributed by atoms with Crippen LogP contribution in [0.25, 0.3) is 0 Å². The van der Waals surface area contributed by atoms with Crippen LogP contribution >= 0.6 is 0 Å². The highest BCUT2D eigenvalue weighted by molar-refractivity contribution is 5.94. The minimum Gasteiger partial charge on any atom is -0.397 e. The molecule has 1 saturated heterocycles. The number of nitrogen functional groups attached to an aromatic ring is 1. The molecule has 5 nitrogen and oxygen atoms in total. The number of aromatic nitrogens is 1. The zero-order valence-electron chi connectivity index (χ0n) is 11.2. The minimum absolute atomic E-state index is 0.0313. The molecule has 1 aromatic rings. The Labute approximate surface area is 107 Å². The van der Waals surface area contributed by atoms with Gasteiger partial charge in [-0.15, -0.1) is 0 Å². The second-order valence-electron chi connectivity index (χ2n) is 5.08. The zero-order chi connectivity index (χ0) is 13.3. The molecule has 0 spiro atoms. The maximum absolute atomic E-state index is 12.3. The van der Waals surface area contributed by atoms with Crippen LogP contribution in [0.5, 0.6) is 0 Å². The van der Waals surface area contributed by atoms with Gasteiger partial charge in [0.25, 0.3) is 5.91 Å². The Morgan fingerprint density at radius 1 is 1.72 bits per heavy atom. The maximum Gasteiger partial charge on any atom is 0.268 e. The predicted octanol–water partition coefficient (Wildman–Crippen LogP) is 1.39. The molecule has 0 bridgehead atoms. The van der Waals surface area contributed by atoms with E-state index >= 15 is 0 Å². The van der Waals surface area contributed by atoms with Crippen LogP contribution in [0.1, 0.15) is 37.7 Å². The molecule has 18 heavy (non-hydrogen) atoms. The third-order valence-corrected chi connectivity index (χ3v) is 3.78. The largest absolute Gasteiger partial charge is 0.397 e. The van der Waals surface area contributed by atoms with E-state index in [4.69, 9.17) is 10.5 Å². The molecule has 3 N–H and O–H groups in total. The van der Waals surface area contributed by atoms with E-state index < -0.39 is 0 Å². The number of ether oxygens (including phenoxy) is 1. The first kappa shape index (κ1) is 13.0. The van der Waals surface area contributed by atoms with E-state index in [2.05, 4.69) is 5.32 Å². The standard InChI is InChI=1S/C13H21N3O2/c1-4-16-8-10(14)7-11(16)12(17)15-13(3)5-6-18-9(13)2/h7-9H,4-6,14H2,1-3H3,(H,15,17).